The zero-order valence-electron chi connectivity index (χ0n) is 13.6. The Morgan fingerprint density at radius 1 is 0.833 bits per heavy atom. The third-order valence-corrected chi connectivity index (χ3v) is 4.17. The van der Waals surface area contributed by atoms with Crippen molar-refractivity contribution in [2.75, 3.05) is 19.6 Å². The molecular formula is C16H36N2. The van der Waals surface area contributed by atoms with E-state index in [1.165, 1.54) is 25.7 Å². The first-order valence-corrected chi connectivity index (χ1v) is 7.97. The number of hydrogen-bond donors (Lipinski definition) is 2. The van der Waals surface area contributed by atoms with Crippen molar-refractivity contribution < 1.29 is 0 Å². The van der Waals surface area contributed by atoms with E-state index in [9.17, 15) is 0 Å². The summed E-state index contributed by atoms with van der Waals surface area (Å²) in [6, 6.07) is 0. The summed E-state index contributed by atoms with van der Waals surface area (Å²) in [5, 5.41) is 7.50. The van der Waals surface area contributed by atoms with Crippen LogP contribution in [-0.4, -0.2) is 25.2 Å². The highest BCUT2D eigenvalue weighted by molar-refractivity contribution is 4.95. The van der Waals surface area contributed by atoms with Crippen LogP contribution in [0.1, 0.15) is 67.2 Å². The Hall–Kier alpha value is -0.0800. The summed E-state index contributed by atoms with van der Waals surface area (Å²) in [5.41, 5.74) is 0.239. The second-order valence-electron chi connectivity index (χ2n) is 6.16. The van der Waals surface area contributed by atoms with Gasteiger partial charge in [0.2, 0.25) is 0 Å². The van der Waals surface area contributed by atoms with Gasteiger partial charge in [0.1, 0.15) is 0 Å². The average Bonchev–Trinajstić information content (AvgIpc) is 2.31. The van der Waals surface area contributed by atoms with Crippen LogP contribution in [0.2, 0.25) is 0 Å². The zero-order valence-corrected chi connectivity index (χ0v) is 13.6. The standard InChI is InChI=1S/C16H36N2/c1-7-9-11-17-13-16(14(3)4,15(5)6)18-12-10-8-2/h14-15,17-18H,7-13H2,1-6H3. The van der Waals surface area contributed by atoms with Gasteiger partial charge in [0.15, 0.2) is 0 Å². The van der Waals surface area contributed by atoms with Gasteiger partial charge < -0.3 is 10.6 Å². The molecule has 0 atom stereocenters. The molecule has 2 N–H and O–H groups in total. The Bertz CT molecular complexity index is 180. The third-order valence-electron chi connectivity index (χ3n) is 4.17. The summed E-state index contributed by atoms with van der Waals surface area (Å²) in [7, 11) is 0. The normalized spacial score (nSPS) is 12.7. The number of hydrogen-bond acceptors (Lipinski definition) is 2. The van der Waals surface area contributed by atoms with Crippen LogP contribution >= 0.6 is 0 Å². The van der Waals surface area contributed by atoms with E-state index >= 15 is 0 Å². The summed E-state index contributed by atoms with van der Waals surface area (Å²) in [6.07, 6.45) is 5.09. The van der Waals surface area contributed by atoms with Crippen LogP contribution in [0.4, 0.5) is 0 Å². The minimum Gasteiger partial charge on any atom is -0.315 e. The molecule has 0 bridgehead atoms. The Morgan fingerprint density at radius 3 is 1.78 bits per heavy atom. The first kappa shape index (κ1) is 17.9. The van der Waals surface area contributed by atoms with Gasteiger partial charge in [-0.1, -0.05) is 54.4 Å². The lowest BCUT2D eigenvalue weighted by Gasteiger charge is -2.43. The Morgan fingerprint density at radius 2 is 1.33 bits per heavy atom. The molecule has 2 heteroatoms. The molecule has 0 radical (unpaired) electrons. The highest BCUT2D eigenvalue weighted by atomic mass is 15.0. The minimum absolute atomic E-state index is 0.239. The summed E-state index contributed by atoms with van der Waals surface area (Å²) >= 11 is 0. The molecule has 0 unspecified atom stereocenters. The lowest BCUT2D eigenvalue weighted by Crippen LogP contribution is -2.60. The minimum atomic E-state index is 0.239. The molecule has 18 heavy (non-hydrogen) atoms. The molecule has 0 aromatic heterocycles. The van der Waals surface area contributed by atoms with E-state index in [1.54, 1.807) is 0 Å². The molecule has 0 fully saturated rings. The maximum Gasteiger partial charge on any atom is 0.0352 e. The maximum absolute atomic E-state index is 3.85. The van der Waals surface area contributed by atoms with Crippen LogP contribution in [0.5, 0.6) is 0 Å². The molecule has 0 saturated heterocycles. The maximum atomic E-state index is 3.85. The van der Waals surface area contributed by atoms with E-state index in [1.807, 2.05) is 0 Å². The lowest BCUT2D eigenvalue weighted by atomic mass is 9.76. The van der Waals surface area contributed by atoms with Gasteiger partial charge in [0.25, 0.3) is 0 Å². The van der Waals surface area contributed by atoms with E-state index in [2.05, 4.69) is 52.2 Å². The first-order chi connectivity index (χ1) is 8.51. The second-order valence-corrected chi connectivity index (χ2v) is 6.16. The first-order valence-electron chi connectivity index (χ1n) is 7.97. The molecule has 0 heterocycles. The Balaban J connectivity index is 4.44. The Kier molecular flexibility index (Phi) is 9.76. The van der Waals surface area contributed by atoms with E-state index in [-0.39, 0.29) is 5.54 Å². The van der Waals surface area contributed by atoms with Crippen molar-refractivity contribution in [3.05, 3.63) is 0 Å². The largest absolute Gasteiger partial charge is 0.315 e. The number of rotatable bonds is 11. The highest BCUT2D eigenvalue weighted by Gasteiger charge is 2.35. The van der Waals surface area contributed by atoms with Crippen LogP contribution in [-0.2, 0) is 0 Å². The van der Waals surface area contributed by atoms with Gasteiger partial charge in [-0.3, -0.25) is 0 Å². The van der Waals surface area contributed by atoms with Crippen LogP contribution in [0, 0.1) is 11.8 Å². The summed E-state index contributed by atoms with van der Waals surface area (Å²) in [6.45, 7) is 17.3. The van der Waals surface area contributed by atoms with E-state index in [0.717, 1.165) is 19.6 Å². The fraction of sp³-hybridized carbons (Fsp3) is 1.00. The van der Waals surface area contributed by atoms with Gasteiger partial charge in [0, 0.05) is 12.1 Å². The smallest absolute Gasteiger partial charge is 0.0352 e. The van der Waals surface area contributed by atoms with Crippen LogP contribution in [0.25, 0.3) is 0 Å². The molecule has 110 valence electrons. The molecule has 0 aromatic rings. The van der Waals surface area contributed by atoms with Crippen molar-refractivity contribution in [2.24, 2.45) is 11.8 Å². The Labute approximate surface area is 115 Å². The molecular weight excluding hydrogens is 220 g/mol. The van der Waals surface area contributed by atoms with Gasteiger partial charge in [-0.15, -0.1) is 0 Å². The van der Waals surface area contributed by atoms with Crippen LogP contribution < -0.4 is 10.6 Å². The van der Waals surface area contributed by atoms with Gasteiger partial charge >= 0.3 is 0 Å². The summed E-state index contributed by atoms with van der Waals surface area (Å²) in [5.74, 6) is 1.31. The van der Waals surface area contributed by atoms with E-state index in [0.29, 0.717) is 11.8 Å². The van der Waals surface area contributed by atoms with Gasteiger partial charge in [0.05, 0.1) is 0 Å². The van der Waals surface area contributed by atoms with Gasteiger partial charge in [-0.2, -0.15) is 0 Å². The number of nitrogens with one attached hydrogen (secondary N) is 2. The fourth-order valence-electron chi connectivity index (χ4n) is 2.64. The molecule has 0 rings (SSSR count). The van der Waals surface area contributed by atoms with Crippen molar-refractivity contribution in [3.63, 3.8) is 0 Å². The average molecular weight is 256 g/mol. The van der Waals surface area contributed by atoms with Gasteiger partial charge in [-0.25, -0.2) is 0 Å². The molecule has 2 nitrogen and oxygen atoms in total. The van der Waals surface area contributed by atoms with Crippen molar-refractivity contribution in [2.45, 2.75) is 72.8 Å². The topological polar surface area (TPSA) is 24.1 Å². The van der Waals surface area contributed by atoms with Crippen molar-refractivity contribution >= 4 is 0 Å². The predicted molar refractivity (Wildman–Crippen MR) is 83.1 cm³/mol. The molecule has 0 amide bonds. The van der Waals surface area contributed by atoms with Crippen molar-refractivity contribution in [1.29, 1.82) is 0 Å². The molecule has 0 aliphatic heterocycles. The quantitative estimate of drug-likeness (QED) is 0.549. The van der Waals surface area contributed by atoms with Crippen molar-refractivity contribution in [3.8, 4) is 0 Å². The molecule has 0 saturated carbocycles. The molecule has 0 aliphatic carbocycles. The van der Waals surface area contributed by atoms with E-state index in [4.69, 9.17) is 0 Å². The van der Waals surface area contributed by atoms with Crippen LogP contribution in [0.15, 0.2) is 0 Å². The summed E-state index contributed by atoms with van der Waals surface area (Å²) in [4.78, 5) is 0. The SMILES string of the molecule is CCCCNCC(NCCCC)(C(C)C)C(C)C. The predicted octanol–water partition coefficient (Wildman–Crippen LogP) is 3.82. The van der Waals surface area contributed by atoms with Gasteiger partial charge in [-0.05, 0) is 37.8 Å². The summed E-state index contributed by atoms with van der Waals surface area (Å²) < 4.78 is 0. The molecule has 0 spiro atoms. The zero-order chi connectivity index (χ0) is 14.0. The van der Waals surface area contributed by atoms with E-state index < -0.39 is 0 Å². The molecule has 0 aromatic carbocycles. The highest BCUT2D eigenvalue weighted by Crippen LogP contribution is 2.25. The monoisotopic (exact) mass is 256 g/mol. The van der Waals surface area contributed by atoms with Crippen LogP contribution in [0.3, 0.4) is 0 Å². The number of unbranched alkanes of at least 4 members (excludes halogenated alkanes) is 2. The lowest BCUT2D eigenvalue weighted by molar-refractivity contribution is 0.158. The second kappa shape index (κ2) is 9.80. The van der Waals surface area contributed by atoms with Crippen molar-refractivity contribution in [1.82, 2.24) is 10.6 Å². The third kappa shape index (κ3) is 5.71. The molecule has 0 aliphatic rings. The fourth-order valence-corrected chi connectivity index (χ4v) is 2.64.